The smallest absolute Gasteiger partial charge is 0.224 e. The van der Waals surface area contributed by atoms with Crippen LogP contribution in [0, 0.1) is 18.7 Å². The summed E-state index contributed by atoms with van der Waals surface area (Å²) in [6, 6.07) is 6.84. The Hall–Kier alpha value is -2.93. The van der Waals surface area contributed by atoms with Gasteiger partial charge in [0.1, 0.15) is 17.2 Å². The molecule has 0 aromatic carbocycles. The highest BCUT2D eigenvalue weighted by Crippen LogP contribution is 2.47. The largest absolute Gasteiger partial charge is 0.477 e. The van der Waals surface area contributed by atoms with E-state index in [9.17, 15) is 9.50 Å². The van der Waals surface area contributed by atoms with Crippen LogP contribution in [0.1, 0.15) is 43.4 Å². The zero-order chi connectivity index (χ0) is 20.6. The van der Waals surface area contributed by atoms with Crippen molar-refractivity contribution < 1.29 is 14.2 Å². The molecule has 7 heteroatoms. The molecule has 3 heterocycles. The number of ether oxygens (including phenoxy) is 1. The van der Waals surface area contributed by atoms with Crippen LogP contribution in [0.3, 0.4) is 0 Å². The Bertz CT molecular complexity index is 1000. The molecular formula is C22H23FN4O2. The van der Waals surface area contributed by atoms with Crippen molar-refractivity contribution in [2.24, 2.45) is 5.92 Å². The van der Waals surface area contributed by atoms with Crippen LogP contribution in [-0.4, -0.2) is 31.6 Å². The molecule has 3 aromatic heterocycles. The molecule has 1 unspecified atom stereocenters. The molecule has 1 aliphatic carbocycles. The van der Waals surface area contributed by atoms with E-state index in [0.29, 0.717) is 29.9 Å². The van der Waals surface area contributed by atoms with Gasteiger partial charge in [-0.1, -0.05) is 6.07 Å². The minimum absolute atomic E-state index is 0.287. The van der Waals surface area contributed by atoms with Crippen LogP contribution in [-0.2, 0) is 5.60 Å². The van der Waals surface area contributed by atoms with Crippen LogP contribution in [0.25, 0.3) is 11.1 Å². The van der Waals surface area contributed by atoms with Gasteiger partial charge in [0.15, 0.2) is 0 Å². The van der Waals surface area contributed by atoms with Gasteiger partial charge in [-0.2, -0.15) is 4.98 Å². The number of hydrogen-bond acceptors (Lipinski definition) is 6. The van der Waals surface area contributed by atoms with Crippen LogP contribution in [0.2, 0.25) is 0 Å². The van der Waals surface area contributed by atoms with Crippen molar-refractivity contribution in [2.75, 3.05) is 6.61 Å². The lowest BCUT2D eigenvalue weighted by atomic mass is 10.0. The molecule has 29 heavy (non-hydrogen) atoms. The third kappa shape index (κ3) is 4.40. The lowest BCUT2D eigenvalue weighted by Gasteiger charge is -2.17. The maximum absolute atomic E-state index is 13.1. The van der Waals surface area contributed by atoms with Crippen molar-refractivity contribution in [3.8, 4) is 17.0 Å². The van der Waals surface area contributed by atoms with E-state index in [2.05, 4.69) is 19.9 Å². The highest BCUT2D eigenvalue weighted by Gasteiger charge is 2.40. The van der Waals surface area contributed by atoms with E-state index in [-0.39, 0.29) is 11.7 Å². The van der Waals surface area contributed by atoms with Crippen molar-refractivity contribution in [1.82, 2.24) is 19.9 Å². The van der Waals surface area contributed by atoms with Gasteiger partial charge < -0.3 is 9.84 Å². The molecule has 2 atom stereocenters. The van der Waals surface area contributed by atoms with Crippen molar-refractivity contribution in [3.63, 3.8) is 0 Å². The van der Waals surface area contributed by atoms with Gasteiger partial charge in [-0.15, -0.1) is 0 Å². The summed E-state index contributed by atoms with van der Waals surface area (Å²) < 4.78 is 19.1. The first-order valence-electron chi connectivity index (χ1n) is 9.58. The second kappa shape index (κ2) is 7.48. The maximum Gasteiger partial charge on any atom is 0.224 e. The maximum atomic E-state index is 13.1. The Balaban J connectivity index is 1.48. The number of pyridine rings is 2. The molecule has 0 radical (unpaired) electrons. The van der Waals surface area contributed by atoms with E-state index in [1.54, 1.807) is 38.4 Å². The minimum Gasteiger partial charge on any atom is -0.477 e. The van der Waals surface area contributed by atoms with Gasteiger partial charge in [0.2, 0.25) is 5.88 Å². The number of rotatable bonds is 6. The van der Waals surface area contributed by atoms with Gasteiger partial charge in [-0.3, -0.25) is 9.97 Å². The average molecular weight is 394 g/mol. The summed E-state index contributed by atoms with van der Waals surface area (Å²) in [5, 5.41) is 10.1. The Morgan fingerprint density at radius 1 is 1.10 bits per heavy atom. The molecule has 6 nitrogen and oxygen atoms in total. The summed E-state index contributed by atoms with van der Waals surface area (Å²) in [4.78, 5) is 17.3. The fourth-order valence-corrected chi connectivity index (χ4v) is 3.26. The number of hydrogen-bond donors (Lipinski definition) is 1. The first-order valence-corrected chi connectivity index (χ1v) is 9.58. The Morgan fingerprint density at radius 2 is 1.93 bits per heavy atom. The SMILES string of the molecule is Cc1ncc(-c2ccc(C(C)(C)O)nc2)c(OCC2C[C@H]2c2ccc(F)cn2)n1. The first kappa shape index (κ1) is 19.4. The Labute approximate surface area is 168 Å². The summed E-state index contributed by atoms with van der Waals surface area (Å²) in [6.07, 6.45) is 5.63. The van der Waals surface area contributed by atoms with E-state index in [0.717, 1.165) is 23.2 Å². The van der Waals surface area contributed by atoms with Crippen molar-refractivity contribution in [1.29, 1.82) is 0 Å². The Kier molecular flexibility index (Phi) is 5.00. The number of nitrogens with zero attached hydrogens (tertiary/aromatic N) is 4. The third-order valence-electron chi connectivity index (χ3n) is 5.06. The second-order valence-electron chi connectivity index (χ2n) is 7.94. The quantitative estimate of drug-likeness (QED) is 0.685. The summed E-state index contributed by atoms with van der Waals surface area (Å²) in [5.41, 5.74) is 2.05. The van der Waals surface area contributed by atoms with Crippen LogP contribution in [0.15, 0.2) is 42.9 Å². The van der Waals surface area contributed by atoms with E-state index in [1.165, 1.54) is 12.3 Å². The van der Waals surface area contributed by atoms with E-state index in [4.69, 9.17) is 4.74 Å². The zero-order valence-corrected chi connectivity index (χ0v) is 16.6. The van der Waals surface area contributed by atoms with Gasteiger partial charge in [0, 0.05) is 35.5 Å². The van der Waals surface area contributed by atoms with E-state index in [1.807, 2.05) is 13.0 Å². The molecule has 4 rings (SSSR count). The Morgan fingerprint density at radius 3 is 2.59 bits per heavy atom. The summed E-state index contributed by atoms with van der Waals surface area (Å²) in [7, 11) is 0. The van der Waals surface area contributed by atoms with Gasteiger partial charge in [0.25, 0.3) is 0 Å². The van der Waals surface area contributed by atoms with Crippen molar-refractivity contribution in [2.45, 2.75) is 38.7 Å². The van der Waals surface area contributed by atoms with Gasteiger partial charge >= 0.3 is 0 Å². The fraction of sp³-hybridized carbons (Fsp3) is 0.364. The highest BCUT2D eigenvalue weighted by molar-refractivity contribution is 5.67. The molecule has 150 valence electrons. The topological polar surface area (TPSA) is 81.0 Å². The number of aromatic nitrogens is 4. The summed E-state index contributed by atoms with van der Waals surface area (Å²) >= 11 is 0. The summed E-state index contributed by atoms with van der Waals surface area (Å²) in [5.74, 6) is 1.42. The molecule has 1 saturated carbocycles. The van der Waals surface area contributed by atoms with Crippen LogP contribution in [0.4, 0.5) is 4.39 Å². The number of aliphatic hydroxyl groups is 1. The first-order chi connectivity index (χ1) is 13.8. The normalized spacial score (nSPS) is 18.5. The molecule has 1 aliphatic rings. The number of halogens is 1. The average Bonchev–Trinajstić information content (AvgIpc) is 3.46. The molecular weight excluding hydrogens is 371 g/mol. The standard InChI is InChI=1S/C22H23FN4O2/c1-13-24-11-18(14-4-7-20(26-9-14)22(2,3)28)21(27-13)29-12-15-8-17(15)19-6-5-16(23)10-25-19/h4-7,9-11,15,17,28H,8,12H2,1-3H3/t15?,17-/m1/s1. The molecule has 0 spiro atoms. The van der Waals surface area contributed by atoms with E-state index < -0.39 is 5.60 Å². The molecule has 0 amide bonds. The predicted molar refractivity (Wildman–Crippen MR) is 106 cm³/mol. The van der Waals surface area contributed by atoms with E-state index >= 15 is 0 Å². The van der Waals surface area contributed by atoms with Crippen LogP contribution >= 0.6 is 0 Å². The molecule has 0 aliphatic heterocycles. The van der Waals surface area contributed by atoms with Gasteiger partial charge in [-0.25, -0.2) is 9.37 Å². The molecule has 3 aromatic rings. The number of aryl methyl sites for hydroxylation is 1. The lowest BCUT2D eigenvalue weighted by molar-refractivity contribution is 0.0739. The predicted octanol–water partition coefficient (Wildman–Crippen LogP) is 3.79. The monoisotopic (exact) mass is 394 g/mol. The third-order valence-corrected chi connectivity index (χ3v) is 5.06. The second-order valence-corrected chi connectivity index (χ2v) is 7.94. The van der Waals surface area contributed by atoms with Gasteiger partial charge in [-0.05, 0) is 45.4 Å². The van der Waals surface area contributed by atoms with Crippen LogP contribution < -0.4 is 4.74 Å². The van der Waals surface area contributed by atoms with Crippen LogP contribution in [0.5, 0.6) is 5.88 Å². The highest BCUT2D eigenvalue weighted by atomic mass is 19.1. The van der Waals surface area contributed by atoms with Gasteiger partial charge in [0.05, 0.1) is 24.1 Å². The molecule has 0 saturated heterocycles. The lowest BCUT2D eigenvalue weighted by Crippen LogP contribution is -2.17. The molecule has 1 fully saturated rings. The van der Waals surface area contributed by atoms with Crippen molar-refractivity contribution in [3.05, 3.63) is 65.9 Å². The van der Waals surface area contributed by atoms with Crippen molar-refractivity contribution >= 4 is 0 Å². The zero-order valence-electron chi connectivity index (χ0n) is 16.6. The summed E-state index contributed by atoms with van der Waals surface area (Å²) in [6.45, 7) is 5.71. The molecule has 0 bridgehead atoms. The minimum atomic E-state index is -1.00. The fourth-order valence-electron chi connectivity index (χ4n) is 3.26. The molecule has 1 N–H and O–H groups in total.